The molecule has 0 aliphatic rings. The van der Waals surface area contributed by atoms with Crippen LogP contribution in [0.25, 0.3) is 0 Å². The second kappa shape index (κ2) is 9.38. The van der Waals surface area contributed by atoms with Gasteiger partial charge in [-0.1, -0.05) is 46.9 Å². The van der Waals surface area contributed by atoms with E-state index in [0.29, 0.717) is 27.4 Å². The number of nitrogens with one attached hydrogen (secondary N) is 1. The Morgan fingerprint density at radius 1 is 0.968 bits per heavy atom. The van der Waals surface area contributed by atoms with E-state index in [0.717, 1.165) is 5.56 Å². The minimum Gasteiger partial charge on any atom is -0.470 e. The predicted octanol–water partition coefficient (Wildman–Crippen LogP) is 4.77. The molecule has 0 spiro atoms. The first-order chi connectivity index (χ1) is 15.0. The number of rotatable bonds is 7. The zero-order valence-corrected chi connectivity index (χ0v) is 18.1. The Hall–Kier alpha value is -3.07. The summed E-state index contributed by atoms with van der Waals surface area (Å²) in [6, 6.07) is 13.9. The molecule has 0 unspecified atom stereocenters. The molecule has 2 aromatic heterocycles. The number of aromatic nitrogens is 5. The van der Waals surface area contributed by atoms with E-state index in [-0.39, 0.29) is 18.4 Å². The summed E-state index contributed by atoms with van der Waals surface area (Å²) in [5.41, 5.74) is 1.20. The summed E-state index contributed by atoms with van der Waals surface area (Å²) in [7, 11) is 0. The Morgan fingerprint density at radius 2 is 1.74 bits per heavy atom. The number of nitrogens with zero attached hydrogens (tertiary/aromatic N) is 5. The minimum atomic E-state index is -0.437. The normalized spacial score (nSPS) is 10.8. The van der Waals surface area contributed by atoms with Crippen molar-refractivity contribution in [2.75, 3.05) is 5.32 Å². The maximum atomic E-state index is 12.4. The van der Waals surface area contributed by atoms with Crippen LogP contribution >= 0.6 is 34.8 Å². The van der Waals surface area contributed by atoms with Crippen molar-refractivity contribution in [3.05, 3.63) is 87.4 Å². The van der Waals surface area contributed by atoms with Crippen molar-refractivity contribution >= 4 is 46.7 Å². The molecule has 0 radical (unpaired) electrons. The number of benzene rings is 2. The minimum absolute atomic E-state index is 0.0720. The Morgan fingerprint density at radius 3 is 2.52 bits per heavy atom. The molecule has 0 saturated carbocycles. The highest BCUT2D eigenvalue weighted by atomic mass is 35.5. The number of hydrogen-bond acceptors (Lipinski definition) is 5. The lowest BCUT2D eigenvalue weighted by molar-refractivity contribution is 0.101. The van der Waals surface area contributed by atoms with Crippen molar-refractivity contribution in [1.82, 2.24) is 24.5 Å². The summed E-state index contributed by atoms with van der Waals surface area (Å²) >= 11 is 17.8. The summed E-state index contributed by atoms with van der Waals surface area (Å²) in [5, 5.41) is 12.6. The number of halogens is 3. The van der Waals surface area contributed by atoms with Gasteiger partial charge in [0.1, 0.15) is 12.1 Å². The molecule has 2 heterocycles. The maximum absolute atomic E-state index is 12.4. The molecule has 11 heteroatoms. The summed E-state index contributed by atoms with van der Waals surface area (Å²) < 4.78 is 8.68. The molecule has 4 rings (SSSR count). The first-order valence-corrected chi connectivity index (χ1v) is 10.2. The van der Waals surface area contributed by atoms with Crippen LogP contribution in [0.4, 0.5) is 5.95 Å². The van der Waals surface area contributed by atoms with Gasteiger partial charge in [-0.2, -0.15) is 5.10 Å². The smallest absolute Gasteiger partial charge is 0.278 e. The van der Waals surface area contributed by atoms with Gasteiger partial charge in [0.05, 0.1) is 11.6 Å². The number of ether oxygens (including phenoxy) is 1. The number of amides is 1. The lowest BCUT2D eigenvalue weighted by Gasteiger charge is -2.08. The molecule has 1 N–H and O–H groups in total. The Labute approximate surface area is 192 Å². The van der Waals surface area contributed by atoms with Gasteiger partial charge in [-0.25, -0.2) is 14.3 Å². The van der Waals surface area contributed by atoms with Gasteiger partial charge in [-0.3, -0.25) is 10.1 Å². The van der Waals surface area contributed by atoms with Crippen molar-refractivity contribution in [2.45, 2.75) is 13.3 Å². The van der Waals surface area contributed by atoms with Crippen LogP contribution in [0, 0.1) is 0 Å². The molecule has 4 aromatic rings. The summed E-state index contributed by atoms with van der Waals surface area (Å²) in [6.45, 7) is 0.571. The summed E-state index contributed by atoms with van der Waals surface area (Å²) in [4.78, 5) is 16.5. The first-order valence-electron chi connectivity index (χ1n) is 9.03. The molecule has 2 aromatic carbocycles. The SMILES string of the molecule is O=C(Nc1ncn(Cc2ccc(Cl)cc2)n1)c1ccn(COc2ccc(Cl)cc2Cl)n1. The van der Waals surface area contributed by atoms with Crippen molar-refractivity contribution in [1.29, 1.82) is 0 Å². The molecule has 0 aliphatic heterocycles. The lowest BCUT2D eigenvalue weighted by Crippen LogP contribution is -2.15. The molecular weight excluding hydrogens is 463 g/mol. The lowest BCUT2D eigenvalue weighted by atomic mass is 10.2. The van der Waals surface area contributed by atoms with Crippen molar-refractivity contribution in [3.63, 3.8) is 0 Å². The van der Waals surface area contributed by atoms with Gasteiger partial charge in [0.15, 0.2) is 12.4 Å². The van der Waals surface area contributed by atoms with Gasteiger partial charge in [0, 0.05) is 16.2 Å². The molecule has 0 fully saturated rings. The molecule has 31 heavy (non-hydrogen) atoms. The topological polar surface area (TPSA) is 86.9 Å². The first kappa shape index (κ1) is 21.2. The molecule has 0 atom stereocenters. The molecule has 158 valence electrons. The third kappa shape index (κ3) is 5.55. The highest BCUT2D eigenvalue weighted by Crippen LogP contribution is 2.27. The zero-order valence-electron chi connectivity index (χ0n) is 15.9. The van der Waals surface area contributed by atoms with Crippen molar-refractivity contribution in [2.24, 2.45) is 0 Å². The highest BCUT2D eigenvalue weighted by Gasteiger charge is 2.13. The number of carbonyl (C=O) groups excluding carboxylic acids is 1. The van der Waals surface area contributed by atoms with Gasteiger partial charge in [-0.15, -0.1) is 5.10 Å². The van der Waals surface area contributed by atoms with Crippen LogP contribution in [-0.4, -0.2) is 30.5 Å². The largest absolute Gasteiger partial charge is 0.470 e. The van der Waals surface area contributed by atoms with E-state index in [9.17, 15) is 4.79 Å². The third-order valence-corrected chi connectivity index (χ3v) is 4.92. The second-order valence-electron chi connectivity index (χ2n) is 6.43. The monoisotopic (exact) mass is 476 g/mol. The van der Waals surface area contributed by atoms with E-state index in [4.69, 9.17) is 39.5 Å². The molecule has 8 nitrogen and oxygen atoms in total. The van der Waals surface area contributed by atoms with Crippen LogP contribution in [-0.2, 0) is 13.3 Å². The third-order valence-electron chi connectivity index (χ3n) is 4.14. The van der Waals surface area contributed by atoms with Gasteiger partial charge in [0.25, 0.3) is 5.91 Å². The fourth-order valence-electron chi connectivity index (χ4n) is 2.65. The van der Waals surface area contributed by atoms with E-state index in [1.165, 1.54) is 11.0 Å². The number of hydrogen-bond donors (Lipinski definition) is 1. The average Bonchev–Trinajstić information content (AvgIpc) is 3.39. The van der Waals surface area contributed by atoms with Crippen molar-refractivity contribution < 1.29 is 9.53 Å². The fraction of sp³-hybridized carbons (Fsp3) is 0.100. The van der Waals surface area contributed by atoms with Gasteiger partial charge in [0.2, 0.25) is 5.95 Å². The number of carbonyl (C=O) groups is 1. The van der Waals surface area contributed by atoms with E-state index < -0.39 is 5.91 Å². The van der Waals surface area contributed by atoms with Crippen LogP contribution in [0.5, 0.6) is 5.75 Å². The molecule has 0 saturated heterocycles. The molecule has 1 amide bonds. The van der Waals surface area contributed by atoms with Crippen LogP contribution in [0.1, 0.15) is 16.1 Å². The second-order valence-corrected chi connectivity index (χ2v) is 7.72. The van der Waals surface area contributed by atoms with Crippen LogP contribution in [0.2, 0.25) is 15.1 Å². The highest BCUT2D eigenvalue weighted by molar-refractivity contribution is 6.35. The number of anilines is 1. The van der Waals surface area contributed by atoms with E-state index in [1.807, 2.05) is 12.1 Å². The van der Waals surface area contributed by atoms with Gasteiger partial charge in [-0.05, 0) is 42.0 Å². The van der Waals surface area contributed by atoms with Crippen LogP contribution < -0.4 is 10.1 Å². The maximum Gasteiger partial charge on any atom is 0.278 e. The molecule has 0 aliphatic carbocycles. The predicted molar refractivity (Wildman–Crippen MR) is 118 cm³/mol. The standard InChI is InChI=1S/C20H15Cl3N6O2/c21-14-3-1-13(2-4-14)10-29-11-24-20(27-29)25-19(30)17-7-8-28(26-17)12-31-18-6-5-15(22)9-16(18)23/h1-9,11H,10,12H2,(H,25,27,30). The van der Waals surface area contributed by atoms with Crippen LogP contribution in [0.3, 0.4) is 0 Å². The molecule has 0 bridgehead atoms. The zero-order chi connectivity index (χ0) is 21.8. The quantitative estimate of drug-likeness (QED) is 0.414. The Bertz CT molecular complexity index is 1210. The van der Waals surface area contributed by atoms with Gasteiger partial charge < -0.3 is 4.74 Å². The Kier molecular flexibility index (Phi) is 6.41. The van der Waals surface area contributed by atoms with Gasteiger partial charge >= 0.3 is 0 Å². The fourth-order valence-corrected chi connectivity index (χ4v) is 3.24. The summed E-state index contributed by atoms with van der Waals surface area (Å²) in [5.74, 6) is 0.202. The van der Waals surface area contributed by atoms with Crippen molar-refractivity contribution in [3.8, 4) is 5.75 Å². The van der Waals surface area contributed by atoms with E-state index >= 15 is 0 Å². The van der Waals surface area contributed by atoms with E-state index in [1.54, 1.807) is 47.3 Å². The van der Waals surface area contributed by atoms with E-state index in [2.05, 4.69) is 20.5 Å². The molecular formula is C20H15Cl3N6O2. The average molecular weight is 478 g/mol. The van der Waals surface area contributed by atoms with Crippen LogP contribution in [0.15, 0.2) is 61.1 Å². The Balaban J connectivity index is 1.33. The summed E-state index contributed by atoms with van der Waals surface area (Å²) in [6.07, 6.45) is 3.15.